The van der Waals surface area contributed by atoms with Crippen LogP contribution in [-0.4, -0.2) is 0 Å². The number of rotatable bonds is 2. The molecule has 1 aromatic heterocycles. The summed E-state index contributed by atoms with van der Waals surface area (Å²) in [6.45, 7) is 2.25. The van der Waals surface area contributed by atoms with Gasteiger partial charge in [0.05, 0.1) is 18.4 Å². The third-order valence-corrected chi connectivity index (χ3v) is 8.29. The Morgan fingerprint density at radius 2 is 1.38 bits per heavy atom. The van der Waals surface area contributed by atoms with Crippen LogP contribution in [0.1, 0.15) is 28.1 Å². The number of para-hydroxylation sites is 1. The molecule has 0 radical (unpaired) electrons. The predicted octanol–water partition coefficient (Wildman–Crippen LogP) is 8.23. The van der Waals surface area contributed by atoms with Crippen molar-refractivity contribution in [2.45, 2.75) is 19.8 Å². The summed E-state index contributed by atoms with van der Waals surface area (Å²) in [6, 6.07) is 42.6. The number of hydrogen-bond donors (Lipinski definition) is 0. The van der Waals surface area contributed by atoms with Crippen LogP contribution in [0.25, 0.3) is 49.8 Å². The smallest absolute Gasteiger partial charge is 0.160 e. The number of hydrogen-bond acceptors (Lipinski definition) is 0. The van der Waals surface area contributed by atoms with Gasteiger partial charge < -0.3 is 0 Å². The maximum absolute atomic E-state index is 2.53. The lowest BCUT2D eigenvalue weighted by Gasteiger charge is -2.17. The third kappa shape index (κ3) is 3.01. The number of aryl methyl sites for hydroxylation is 1. The molecule has 2 heterocycles. The Morgan fingerprint density at radius 3 is 2.30 bits per heavy atom. The highest BCUT2D eigenvalue weighted by atomic mass is 15.0. The Labute approximate surface area is 217 Å². The first-order valence-corrected chi connectivity index (χ1v) is 13.1. The van der Waals surface area contributed by atoms with E-state index in [4.69, 9.17) is 0 Å². The maximum Gasteiger partial charge on any atom is 0.214 e. The average Bonchev–Trinajstić information content (AvgIpc) is 3.50. The highest BCUT2D eigenvalue weighted by Crippen LogP contribution is 2.48. The standard InChI is InChI=1S/C36H26N/c1-23-15-16-25(24-9-3-2-4-10-24)21-32(23)36-30-13-7-5-11-26(30)19-28-22-34-31(35(28)36)18-17-29-20-27-12-6-8-14-33(27)37(29)34/h2-19,21H,20,22H2,1H3/q+1. The molecule has 2 aliphatic rings. The van der Waals surface area contributed by atoms with Gasteiger partial charge in [-0.15, -0.1) is 0 Å². The summed E-state index contributed by atoms with van der Waals surface area (Å²) >= 11 is 0. The van der Waals surface area contributed by atoms with Gasteiger partial charge >= 0.3 is 0 Å². The zero-order valence-electron chi connectivity index (χ0n) is 20.8. The highest BCUT2D eigenvalue weighted by molar-refractivity contribution is 6.07. The monoisotopic (exact) mass is 472 g/mol. The average molecular weight is 473 g/mol. The summed E-state index contributed by atoms with van der Waals surface area (Å²) in [5.41, 5.74) is 16.3. The highest BCUT2D eigenvalue weighted by Gasteiger charge is 2.37. The Hall–Kier alpha value is -4.49. The van der Waals surface area contributed by atoms with E-state index in [-0.39, 0.29) is 0 Å². The van der Waals surface area contributed by atoms with E-state index in [1.165, 1.54) is 77.9 Å². The topological polar surface area (TPSA) is 3.88 Å². The third-order valence-electron chi connectivity index (χ3n) is 8.29. The predicted molar refractivity (Wildman–Crippen MR) is 152 cm³/mol. The number of benzene rings is 5. The molecule has 6 aromatic rings. The van der Waals surface area contributed by atoms with Gasteiger partial charge in [-0.25, -0.2) is 0 Å². The molecule has 0 amide bonds. The van der Waals surface area contributed by atoms with Gasteiger partial charge in [-0.1, -0.05) is 84.9 Å². The molecule has 174 valence electrons. The molecule has 1 aliphatic carbocycles. The zero-order valence-corrected chi connectivity index (χ0v) is 20.8. The van der Waals surface area contributed by atoms with Gasteiger partial charge in [-0.2, -0.15) is 4.57 Å². The zero-order chi connectivity index (χ0) is 24.5. The van der Waals surface area contributed by atoms with E-state index in [0.29, 0.717) is 0 Å². The molecule has 0 unspecified atom stereocenters. The van der Waals surface area contributed by atoms with Crippen molar-refractivity contribution in [3.05, 3.63) is 143 Å². The van der Waals surface area contributed by atoms with Gasteiger partial charge in [0.1, 0.15) is 0 Å². The summed E-state index contributed by atoms with van der Waals surface area (Å²) in [6.07, 6.45) is 1.97. The summed E-state index contributed by atoms with van der Waals surface area (Å²) in [5.74, 6) is 0. The molecule has 1 aliphatic heterocycles. The molecule has 0 N–H and O–H groups in total. The molecule has 0 fully saturated rings. The van der Waals surface area contributed by atoms with Crippen LogP contribution in [-0.2, 0) is 12.8 Å². The van der Waals surface area contributed by atoms with Crippen LogP contribution < -0.4 is 4.57 Å². The summed E-state index contributed by atoms with van der Waals surface area (Å²) in [5, 5.41) is 2.64. The van der Waals surface area contributed by atoms with Gasteiger partial charge in [0, 0.05) is 23.3 Å². The SMILES string of the molecule is Cc1ccc(-c2ccccc2)cc1-c1c2c(cc3ccccc13)Cc1c-2ccc2[n+]1-c1ccccc1C2. The van der Waals surface area contributed by atoms with Crippen molar-refractivity contribution in [1.82, 2.24) is 0 Å². The molecule has 0 atom stereocenters. The summed E-state index contributed by atoms with van der Waals surface area (Å²) in [7, 11) is 0. The Kier molecular flexibility index (Phi) is 4.33. The largest absolute Gasteiger partial charge is 0.214 e. The van der Waals surface area contributed by atoms with Crippen molar-refractivity contribution in [3.8, 4) is 39.1 Å². The van der Waals surface area contributed by atoms with Crippen molar-refractivity contribution in [2.24, 2.45) is 0 Å². The number of fused-ring (bicyclic) bond motifs is 8. The Balaban J connectivity index is 1.44. The number of pyridine rings is 1. The molecular formula is C36H26N+. The minimum absolute atomic E-state index is 0.960. The number of aromatic nitrogens is 1. The second-order valence-electron chi connectivity index (χ2n) is 10.4. The quantitative estimate of drug-likeness (QED) is 0.223. The first-order chi connectivity index (χ1) is 18.3. The van der Waals surface area contributed by atoms with Crippen molar-refractivity contribution in [3.63, 3.8) is 0 Å². The second kappa shape index (κ2) is 7.75. The fraction of sp³-hybridized carbons (Fsp3) is 0.0833. The van der Waals surface area contributed by atoms with E-state index in [0.717, 1.165) is 12.8 Å². The molecule has 0 bridgehead atoms. The van der Waals surface area contributed by atoms with E-state index in [2.05, 4.69) is 127 Å². The van der Waals surface area contributed by atoms with Gasteiger partial charge in [0.25, 0.3) is 0 Å². The Bertz CT molecular complexity index is 1880. The molecule has 0 saturated carbocycles. The second-order valence-corrected chi connectivity index (χ2v) is 10.4. The summed E-state index contributed by atoms with van der Waals surface area (Å²) in [4.78, 5) is 0. The van der Waals surface area contributed by atoms with E-state index in [1.807, 2.05) is 0 Å². The Morgan fingerprint density at radius 1 is 0.568 bits per heavy atom. The van der Waals surface area contributed by atoms with Gasteiger partial charge in [-0.05, 0) is 69.3 Å². The van der Waals surface area contributed by atoms with Crippen molar-refractivity contribution >= 4 is 10.8 Å². The normalized spacial score (nSPS) is 12.8. The number of nitrogens with zero attached hydrogens (tertiary/aromatic N) is 1. The summed E-state index contributed by atoms with van der Waals surface area (Å²) < 4.78 is 2.53. The molecule has 0 saturated heterocycles. The first kappa shape index (κ1) is 20.7. The molecular weight excluding hydrogens is 446 g/mol. The minimum atomic E-state index is 0.960. The van der Waals surface area contributed by atoms with Crippen LogP contribution in [0, 0.1) is 6.92 Å². The lowest BCUT2D eigenvalue weighted by molar-refractivity contribution is -0.604. The van der Waals surface area contributed by atoms with Crippen molar-refractivity contribution in [2.75, 3.05) is 0 Å². The first-order valence-electron chi connectivity index (χ1n) is 13.1. The van der Waals surface area contributed by atoms with Crippen molar-refractivity contribution < 1.29 is 4.57 Å². The lowest BCUT2D eigenvalue weighted by Crippen LogP contribution is -2.36. The minimum Gasteiger partial charge on any atom is -0.160 e. The van der Waals surface area contributed by atoms with E-state index in [9.17, 15) is 0 Å². The van der Waals surface area contributed by atoms with E-state index < -0.39 is 0 Å². The van der Waals surface area contributed by atoms with E-state index in [1.54, 1.807) is 0 Å². The van der Waals surface area contributed by atoms with Crippen LogP contribution in [0.2, 0.25) is 0 Å². The van der Waals surface area contributed by atoms with Gasteiger partial charge in [-0.3, -0.25) is 0 Å². The maximum atomic E-state index is 2.53. The molecule has 37 heavy (non-hydrogen) atoms. The van der Waals surface area contributed by atoms with Crippen LogP contribution >= 0.6 is 0 Å². The molecule has 0 spiro atoms. The van der Waals surface area contributed by atoms with E-state index >= 15 is 0 Å². The van der Waals surface area contributed by atoms with Crippen LogP contribution in [0.15, 0.2) is 115 Å². The fourth-order valence-electron chi connectivity index (χ4n) is 6.57. The van der Waals surface area contributed by atoms with Crippen LogP contribution in [0.3, 0.4) is 0 Å². The van der Waals surface area contributed by atoms with Crippen LogP contribution in [0.5, 0.6) is 0 Å². The van der Waals surface area contributed by atoms with Gasteiger partial charge in [0.15, 0.2) is 11.4 Å². The lowest BCUT2D eigenvalue weighted by atomic mass is 9.86. The molecule has 1 heteroatoms. The fourth-order valence-corrected chi connectivity index (χ4v) is 6.57. The van der Waals surface area contributed by atoms with Crippen LogP contribution in [0.4, 0.5) is 0 Å². The molecule has 1 nitrogen and oxygen atoms in total. The molecule has 5 aromatic carbocycles. The van der Waals surface area contributed by atoms with Crippen molar-refractivity contribution in [1.29, 1.82) is 0 Å². The van der Waals surface area contributed by atoms with Gasteiger partial charge in [0.2, 0.25) is 5.69 Å². The molecule has 8 rings (SSSR count).